The van der Waals surface area contributed by atoms with Gasteiger partial charge in [-0.25, -0.2) is 14.8 Å². The molecule has 0 atom stereocenters. The van der Waals surface area contributed by atoms with Gasteiger partial charge >= 0.3 is 5.97 Å². The summed E-state index contributed by atoms with van der Waals surface area (Å²) < 4.78 is 9.74. The molecule has 5 nitrogen and oxygen atoms in total. The minimum atomic E-state index is -0.487. The maximum absolute atomic E-state index is 11.5. The number of carbonyl (C=O) groups excluding carboxylic acids is 1. The average molecular weight is 254 g/mol. The van der Waals surface area contributed by atoms with Crippen LogP contribution < -0.4 is 0 Å². The number of esters is 1. The Hall–Kier alpha value is -1.56. The minimum absolute atomic E-state index is 0.239. The fraction of sp³-hybridized carbons (Fsp3) is 0.364. The number of hydrogen-bond donors (Lipinski definition) is 0. The van der Waals surface area contributed by atoms with Crippen molar-refractivity contribution in [1.82, 2.24) is 9.97 Å². The van der Waals surface area contributed by atoms with Crippen molar-refractivity contribution in [3.63, 3.8) is 0 Å². The number of rotatable bonds is 5. The highest BCUT2D eigenvalue weighted by Crippen LogP contribution is 2.14. The van der Waals surface area contributed by atoms with Crippen molar-refractivity contribution in [3.8, 4) is 0 Å². The lowest BCUT2D eigenvalue weighted by Crippen LogP contribution is -2.08. The number of aromatic nitrogens is 2. The molecule has 0 saturated heterocycles. The summed E-state index contributed by atoms with van der Waals surface area (Å²) in [5.74, 6) is -0.487. The molecule has 17 heavy (non-hydrogen) atoms. The SMILES string of the molecule is CCO/C=C/c1cnc(SC)nc1C(=O)OC. The molecule has 0 amide bonds. The molecule has 6 heteroatoms. The van der Waals surface area contributed by atoms with Crippen molar-refractivity contribution in [1.29, 1.82) is 0 Å². The number of carbonyl (C=O) groups is 1. The second-order valence-electron chi connectivity index (χ2n) is 2.91. The zero-order chi connectivity index (χ0) is 12.7. The fourth-order valence-electron chi connectivity index (χ4n) is 1.07. The van der Waals surface area contributed by atoms with E-state index in [0.717, 1.165) is 0 Å². The maximum atomic E-state index is 11.5. The quantitative estimate of drug-likeness (QED) is 0.346. The number of thioether (sulfide) groups is 1. The summed E-state index contributed by atoms with van der Waals surface area (Å²) in [6.07, 6.45) is 6.55. The Kier molecular flexibility index (Phi) is 5.48. The highest BCUT2D eigenvalue weighted by Gasteiger charge is 2.13. The second kappa shape index (κ2) is 6.90. The fourth-order valence-corrected chi connectivity index (χ4v) is 1.41. The van der Waals surface area contributed by atoms with E-state index in [9.17, 15) is 4.79 Å². The summed E-state index contributed by atoms with van der Waals surface area (Å²) >= 11 is 1.36. The molecule has 92 valence electrons. The van der Waals surface area contributed by atoms with Gasteiger partial charge in [-0.2, -0.15) is 0 Å². The van der Waals surface area contributed by atoms with Crippen molar-refractivity contribution >= 4 is 23.8 Å². The van der Waals surface area contributed by atoms with E-state index in [1.807, 2.05) is 13.2 Å². The molecule has 0 aliphatic heterocycles. The molecular formula is C11H14N2O3S. The van der Waals surface area contributed by atoms with Crippen LogP contribution in [-0.4, -0.2) is 35.9 Å². The van der Waals surface area contributed by atoms with Crippen molar-refractivity contribution < 1.29 is 14.3 Å². The Morgan fingerprint density at radius 3 is 2.94 bits per heavy atom. The Labute approximate surface area is 104 Å². The van der Waals surface area contributed by atoms with Crippen LogP contribution in [0.4, 0.5) is 0 Å². The molecule has 0 saturated carbocycles. The normalized spacial score (nSPS) is 10.5. The molecule has 1 heterocycles. The third kappa shape index (κ3) is 3.74. The molecule has 0 N–H and O–H groups in total. The summed E-state index contributed by atoms with van der Waals surface area (Å²) in [7, 11) is 1.32. The first-order valence-corrected chi connectivity index (χ1v) is 6.22. The number of hydrogen-bond acceptors (Lipinski definition) is 6. The van der Waals surface area contributed by atoms with E-state index in [-0.39, 0.29) is 5.69 Å². The molecule has 1 rings (SSSR count). The maximum Gasteiger partial charge on any atom is 0.357 e. The van der Waals surface area contributed by atoms with Crippen molar-refractivity contribution in [2.45, 2.75) is 12.1 Å². The number of ether oxygens (including phenoxy) is 2. The van der Waals surface area contributed by atoms with Gasteiger partial charge in [-0.1, -0.05) is 11.8 Å². The zero-order valence-corrected chi connectivity index (χ0v) is 10.8. The van der Waals surface area contributed by atoms with Gasteiger partial charge in [0.25, 0.3) is 0 Å². The summed E-state index contributed by atoms with van der Waals surface area (Å²) in [5, 5.41) is 0.527. The van der Waals surface area contributed by atoms with Crippen LogP contribution in [0, 0.1) is 0 Å². The van der Waals surface area contributed by atoms with Gasteiger partial charge in [-0.15, -0.1) is 0 Å². The van der Waals surface area contributed by atoms with Crippen LogP contribution in [0.25, 0.3) is 6.08 Å². The Morgan fingerprint density at radius 2 is 2.35 bits per heavy atom. The summed E-state index contributed by atoms with van der Waals surface area (Å²) in [5.41, 5.74) is 0.811. The highest BCUT2D eigenvalue weighted by atomic mass is 32.2. The first-order valence-electron chi connectivity index (χ1n) is 5.00. The van der Waals surface area contributed by atoms with Gasteiger partial charge in [-0.3, -0.25) is 0 Å². The molecule has 0 aliphatic carbocycles. The van der Waals surface area contributed by atoms with Crippen molar-refractivity contribution in [2.24, 2.45) is 0 Å². The number of methoxy groups -OCH3 is 1. The first kappa shape index (κ1) is 13.5. The summed E-state index contributed by atoms with van der Waals surface area (Å²) in [6, 6.07) is 0. The van der Waals surface area contributed by atoms with Crippen LogP contribution >= 0.6 is 11.8 Å². The van der Waals surface area contributed by atoms with E-state index in [1.54, 1.807) is 12.3 Å². The molecule has 0 fully saturated rings. The van der Waals surface area contributed by atoms with Crippen LogP contribution in [-0.2, 0) is 9.47 Å². The third-order valence-corrected chi connectivity index (χ3v) is 2.43. The van der Waals surface area contributed by atoms with Crippen molar-refractivity contribution in [3.05, 3.63) is 23.7 Å². The molecule has 0 unspecified atom stereocenters. The van der Waals surface area contributed by atoms with Gasteiger partial charge in [-0.05, 0) is 19.3 Å². The lowest BCUT2D eigenvalue weighted by molar-refractivity contribution is 0.0592. The predicted molar refractivity (Wildman–Crippen MR) is 65.8 cm³/mol. The van der Waals surface area contributed by atoms with E-state index < -0.39 is 5.97 Å². The van der Waals surface area contributed by atoms with Gasteiger partial charge < -0.3 is 9.47 Å². The van der Waals surface area contributed by atoms with E-state index in [2.05, 4.69) is 14.7 Å². The van der Waals surface area contributed by atoms with E-state index in [4.69, 9.17) is 4.74 Å². The number of nitrogens with zero attached hydrogens (tertiary/aromatic N) is 2. The predicted octanol–water partition coefficient (Wildman–Crippen LogP) is 1.99. The lowest BCUT2D eigenvalue weighted by atomic mass is 10.2. The van der Waals surface area contributed by atoms with Gasteiger partial charge in [0.1, 0.15) is 0 Å². The average Bonchev–Trinajstić information content (AvgIpc) is 2.38. The van der Waals surface area contributed by atoms with Gasteiger partial charge in [0.15, 0.2) is 10.9 Å². The Balaban J connectivity index is 3.06. The topological polar surface area (TPSA) is 61.3 Å². The van der Waals surface area contributed by atoms with Gasteiger partial charge in [0.05, 0.1) is 20.0 Å². The Bertz CT molecular complexity index is 421. The Morgan fingerprint density at radius 1 is 1.59 bits per heavy atom. The van der Waals surface area contributed by atoms with Crippen LogP contribution in [0.3, 0.4) is 0 Å². The molecule has 1 aromatic heterocycles. The lowest BCUT2D eigenvalue weighted by Gasteiger charge is -2.04. The van der Waals surface area contributed by atoms with E-state index in [0.29, 0.717) is 17.3 Å². The molecular weight excluding hydrogens is 240 g/mol. The standard InChI is InChI=1S/C11H14N2O3S/c1-4-16-6-5-8-7-12-11(17-3)13-9(8)10(14)15-2/h5-7H,4H2,1-3H3/b6-5+. The van der Waals surface area contributed by atoms with Crippen LogP contribution in [0.15, 0.2) is 17.6 Å². The third-order valence-electron chi connectivity index (χ3n) is 1.87. The minimum Gasteiger partial charge on any atom is -0.501 e. The monoisotopic (exact) mass is 254 g/mol. The van der Waals surface area contributed by atoms with Gasteiger partial charge in [0.2, 0.25) is 0 Å². The van der Waals surface area contributed by atoms with Crippen molar-refractivity contribution in [2.75, 3.05) is 20.0 Å². The highest BCUT2D eigenvalue weighted by molar-refractivity contribution is 7.98. The zero-order valence-electron chi connectivity index (χ0n) is 9.97. The van der Waals surface area contributed by atoms with Crippen LogP contribution in [0.5, 0.6) is 0 Å². The molecule has 0 aromatic carbocycles. The smallest absolute Gasteiger partial charge is 0.357 e. The van der Waals surface area contributed by atoms with E-state index in [1.165, 1.54) is 25.1 Å². The van der Waals surface area contributed by atoms with Crippen LogP contribution in [0.2, 0.25) is 0 Å². The second-order valence-corrected chi connectivity index (χ2v) is 3.68. The summed E-state index contributed by atoms with van der Waals surface area (Å²) in [4.78, 5) is 19.7. The molecule has 0 spiro atoms. The van der Waals surface area contributed by atoms with Gasteiger partial charge in [0, 0.05) is 11.8 Å². The summed E-state index contributed by atoms with van der Waals surface area (Å²) in [6.45, 7) is 2.44. The molecule has 0 radical (unpaired) electrons. The first-order chi connectivity index (χ1) is 8.22. The molecule has 0 aliphatic rings. The van der Waals surface area contributed by atoms with E-state index >= 15 is 0 Å². The largest absolute Gasteiger partial charge is 0.501 e. The van der Waals surface area contributed by atoms with Crippen LogP contribution in [0.1, 0.15) is 23.0 Å². The molecule has 1 aromatic rings. The molecule has 0 bridgehead atoms.